The zero-order valence-electron chi connectivity index (χ0n) is 35.8. The van der Waals surface area contributed by atoms with Crippen LogP contribution in [0.25, 0.3) is 60.6 Å². The first-order valence-electron chi connectivity index (χ1n) is 21.7. The molecule has 306 valence electrons. The molecule has 1 aliphatic rings. The molecular weight excluding hydrogens is 765 g/mol. The van der Waals surface area contributed by atoms with Crippen LogP contribution in [0.2, 0.25) is 0 Å². The Morgan fingerprint density at radius 1 is 0.619 bits per heavy atom. The molecule has 2 atom stereocenters. The summed E-state index contributed by atoms with van der Waals surface area (Å²) in [5, 5.41) is 4.84. The van der Waals surface area contributed by atoms with E-state index in [1.165, 1.54) is 61.3 Å². The first-order chi connectivity index (χ1) is 30.9. The molecule has 0 aliphatic heterocycles. The van der Waals surface area contributed by atoms with Crippen molar-refractivity contribution in [3.63, 3.8) is 0 Å². The van der Waals surface area contributed by atoms with Gasteiger partial charge in [-0.15, -0.1) is 0 Å². The van der Waals surface area contributed by atoms with Crippen molar-refractivity contribution in [2.45, 2.75) is 32.2 Å². The van der Waals surface area contributed by atoms with Crippen LogP contribution in [0.5, 0.6) is 0 Å². The summed E-state index contributed by atoms with van der Waals surface area (Å²) in [7, 11) is 0. The molecule has 0 aromatic heterocycles. The van der Waals surface area contributed by atoms with Crippen molar-refractivity contribution in [1.29, 1.82) is 0 Å². The van der Waals surface area contributed by atoms with E-state index in [4.69, 9.17) is 15.7 Å². The Balaban J connectivity index is 1.03. The van der Waals surface area contributed by atoms with Crippen LogP contribution >= 0.6 is 0 Å². The lowest BCUT2D eigenvalue weighted by Gasteiger charge is -2.31. The molecule has 63 heavy (non-hydrogen) atoms. The Labute approximate surface area is 371 Å². The largest absolute Gasteiger partial charge is 0.390 e. The number of aliphatic imine (C=N–C) groups is 3. The van der Waals surface area contributed by atoms with Gasteiger partial charge in [0.05, 0.1) is 18.6 Å². The van der Waals surface area contributed by atoms with Crippen molar-refractivity contribution in [3.05, 3.63) is 234 Å². The number of hydrogen-bond donors (Lipinski definition) is 1. The van der Waals surface area contributed by atoms with Gasteiger partial charge < -0.3 is 5.73 Å². The highest BCUT2D eigenvalue weighted by atomic mass is 14.9. The van der Waals surface area contributed by atoms with Crippen LogP contribution in [0.1, 0.15) is 42.5 Å². The lowest BCUT2D eigenvalue weighted by Crippen LogP contribution is -2.23. The molecule has 8 aromatic carbocycles. The molecule has 1 aliphatic carbocycles. The van der Waals surface area contributed by atoms with Crippen molar-refractivity contribution in [2.75, 3.05) is 0 Å². The van der Waals surface area contributed by atoms with Crippen molar-refractivity contribution in [2.24, 2.45) is 26.6 Å². The topological polar surface area (TPSA) is 63.1 Å². The van der Waals surface area contributed by atoms with E-state index in [1.54, 1.807) is 0 Å². The third-order valence-electron chi connectivity index (χ3n) is 12.4. The predicted octanol–water partition coefficient (Wildman–Crippen LogP) is 14.4. The number of amidine groups is 1. The minimum atomic E-state index is -0.399. The Bertz CT molecular complexity index is 3080. The molecule has 9 rings (SSSR count). The molecule has 0 saturated carbocycles. The number of nitrogens with two attached hydrogens (primary N) is 1. The van der Waals surface area contributed by atoms with Crippen molar-refractivity contribution in [3.8, 4) is 33.4 Å². The maximum absolute atomic E-state index is 6.01. The van der Waals surface area contributed by atoms with E-state index in [-0.39, 0.29) is 0 Å². The van der Waals surface area contributed by atoms with E-state index < -0.39 is 5.41 Å². The SMILES string of the molecule is C=NC(=NCc1ccc(-c2ccc(-c3ccc(-c4ccc(/C(=C/C(C)(C5=CCC(C)C=C5)c5ccccc5)N=CN)cc4)c4ccccc34)c3ccccc23)cc1)c1ccccc1. The molecular formula is C59H50N4. The lowest BCUT2D eigenvalue weighted by atomic mass is 9.72. The zero-order valence-corrected chi connectivity index (χ0v) is 35.8. The average Bonchev–Trinajstić information content (AvgIpc) is 3.34. The Morgan fingerprint density at radius 2 is 1.13 bits per heavy atom. The van der Waals surface area contributed by atoms with Gasteiger partial charge in [0.25, 0.3) is 0 Å². The van der Waals surface area contributed by atoms with Gasteiger partial charge in [-0.25, -0.2) is 9.98 Å². The van der Waals surface area contributed by atoms with Gasteiger partial charge in [0, 0.05) is 11.0 Å². The monoisotopic (exact) mass is 814 g/mol. The van der Waals surface area contributed by atoms with Gasteiger partial charge in [0.2, 0.25) is 0 Å². The third-order valence-corrected chi connectivity index (χ3v) is 12.4. The summed E-state index contributed by atoms with van der Waals surface area (Å²) in [6.45, 7) is 8.81. The third kappa shape index (κ3) is 8.36. The summed E-state index contributed by atoms with van der Waals surface area (Å²) < 4.78 is 0. The summed E-state index contributed by atoms with van der Waals surface area (Å²) in [5.41, 5.74) is 19.1. The number of fused-ring (bicyclic) bond motifs is 2. The second-order valence-corrected chi connectivity index (χ2v) is 16.5. The van der Waals surface area contributed by atoms with Crippen LogP contribution in [-0.4, -0.2) is 18.9 Å². The van der Waals surface area contributed by atoms with Gasteiger partial charge in [-0.3, -0.25) is 4.99 Å². The van der Waals surface area contributed by atoms with Gasteiger partial charge in [-0.1, -0.05) is 207 Å². The molecule has 0 bridgehead atoms. The molecule has 0 spiro atoms. The molecule has 0 radical (unpaired) electrons. The summed E-state index contributed by atoms with van der Waals surface area (Å²) in [6, 6.07) is 64.7. The molecule has 2 N–H and O–H groups in total. The van der Waals surface area contributed by atoms with E-state index in [1.807, 2.05) is 30.3 Å². The smallest absolute Gasteiger partial charge is 0.154 e. The van der Waals surface area contributed by atoms with E-state index in [9.17, 15) is 0 Å². The minimum Gasteiger partial charge on any atom is -0.390 e. The van der Waals surface area contributed by atoms with Crippen molar-refractivity contribution >= 4 is 46.1 Å². The molecule has 4 nitrogen and oxygen atoms in total. The normalized spacial score (nSPS) is 15.4. The molecule has 2 unspecified atom stereocenters. The van der Waals surface area contributed by atoms with Crippen molar-refractivity contribution < 1.29 is 0 Å². The molecule has 0 fully saturated rings. The fourth-order valence-corrected chi connectivity index (χ4v) is 8.95. The Morgan fingerprint density at radius 3 is 1.65 bits per heavy atom. The first kappa shape index (κ1) is 40.7. The quantitative estimate of drug-likeness (QED) is 0.103. The van der Waals surface area contributed by atoms with Gasteiger partial charge in [-0.2, -0.15) is 0 Å². The van der Waals surface area contributed by atoms with E-state index >= 15 is 0 Å². The van der Waals surface area contributed by atoms with E-state index in [0.717, 1.165) is 39.9 Å². The Kier molecular flexibility index (Phi) is 11.7. The average molecular weight is 815 g/mol. The number of hydrogen-bond acceptors (Lipinski definition) is 2. The zero-order chi connectivity index (χ0) is 43.2. The fourth-order valence-electron chi connectivity index (χ4n) is 8.95. The van der Waals surface area contributed by atoms with Gasteiger partial charge in [0.15, 0.2) is 5.84 Å². The summed E-state index contributed by atoms with van der Waals surface area (Å²) in [5.74, 6) is 1.17. The summed E-state index contributed by atoms with van der Waals surface area (Å²) in [4.78, 5) is 13.7. The molecule has 0 saturated heterocycles. The fraction of sp³-hybridized carbons (Fsp3) is 0.102. The minimum absolute atomic E-state index is 0.399. The van der Waals surface area contributed by atoms with Gasteiger partial charge in [0.1, 0.15) is 0 Å². The summed E-state index contributed by atoms with van der Waals surface area (Å²) >= 11 is 0. The summed E-state index contributed by atoms with van der Waals surface area (Å²) in [6.07, 6.45) is 11.6. The van der Waals surface area contributed by atoms with Crippen LogP contribution < -0.4 is 5.73 Å². The highest BCUT2D eigenvalue weighted by Gasteiger charge is 2.30. The van der Waals surface area contributed by atoms with E-state index in [0.29, 0.717) is 18.3 Å². The van der Waals surface area contributed by atoms with Crippen LogP contribution in [0.4, 0.5) is 0 Å². The van der Waals surface area contributed by atoms with Gasteiger partial charge in [-0.05, 0) is 109 Å². The second kappa shape index (κ2) is 18.1. The highest BCUT2D eigenvalue weighted by molar-refractivity contribution is 6.12. The van der Waals surface area contributed by atoms with Crippen LogP contribution in [0, 0.1) is 5.92 Å². The van der Waals surface area contributed by atoms with Crippen molar-refractivity contribution in [1.82, 2.24) is 0 Å². The van der Waals surface area contributed by atoms with Gasteiger partial charge >= 0.3 is 0 Å². The van der Waals surface area contributed by atoms with Crippen LogP contribution in [0.15, 0.2) is 227 Å². The van der Waals surface area contributed by atoms with Crippen LogP contribution in [-0.2, 0) is 12.0 Å². The maximum Gasteiger partial charge on any atom is 0.154 e. The number of nitrogens with zero attached hydrogens (tertiary/aromatic N) is 3. The molecule has 0 amide bonds. The molecule has 8 aromatic rings. The first-order valence-corrected chi connectivity index (χ1v) is 21.7. The predicted molar refractivity (Wildman–Crippen MR) is 269 cm³/mol. The number of rotatable bonds is 11. The Hall–Kier alpha value is -7.69. The standard InChI is InChI=1S/C59H50N4/c1-41-22-32-48(33-23-41)59(2,47-16-8-5-9-17-47)38-57(63-40-60)45-30-28-44(29-31-45)50-35-37-56(54-21-13-11-19-52(50)54)55-36-34-49(51-18-10-12-20-53(51)55)43-26-24-42(25-27-43)39-62-58(61-3)46-14-6-4-7-15-46/h4-22,24-38,40-41H,3,23,39H2,1-2H3,(H2,60,63)/b57-38-,62-58?. The van der Waals surface area contributed by atoms with Crippen LogP contribution in [0.3, 0.4) is 0 Å². The second-order valence-electron chi connectivity index (χ2n) is 16.5. The maximum atomic E-state index is 6.01. The van der Waals surface area contributed by atoms with E-state index in [2.05, 4.69) is 202 Å². The highest BCUT2D eigenvalue weighted by Crippen LogP contribution is 2.42. The number of allylic oxidation sites excluding steroid dienone is 5. The molecule has 0 heterocycles. The molecule has 4 heteroatoms. The lowest BCUT2D eigenvalue weighted by molar-refractivity contribution is 0.672. The number of benzene rings is 8.